The van der Waals surface area contributed by atoms with Crippen LogP contribution in [0.15, 0.2) is 59.0 Å². The van der Waals surface area contributed by atoms with Crippen LogP contribution >= 0.6 is 11.6 Å². The number of fused-ring (bicyclic) bond motifs is 1. The topological polar surface area (TPSA) is 77.8 Å². The molecule has 0 saturated carbocycles. The molecule has 6 heteroatoms. The molecule has 0 unspecified atom stereocenters. The molecule has 23 heavy (non-hydrogen) atoms. The van der Waals surface area contributed by atoms with E-state index in [0.29, 0.717) is 28.0 Å². The summed E-state index contributed by atoms with van der Waals surface area (Å²) in [5.74, 6) is 1.23. The van der Waals surface area contributed by atoms with Crippen LogP contribution < -0.4 is 5.73 Å². The van der Waals surface area contributed by atoms with Crippen LogP contribution in [0.5, 0.6) is 0 Å². The molecule has 0 aliphatic carbocycles. The lowest BCUT2D eigenvalue weighted by Crippen LogP contribution is -1.96. The Balaban J connectivity index is 1.85. The van der Waals surface area contributed by atoms with Gasteiger partial charge in [-0.05, 0) is 24.3 Å². The first-order valence-corrected chi connectivity index (χ1v) is 7.34. The molecule has 5 nitrogen and oxygen atoms in total. The summed E-state index contributed by atoms with van der Waals surface area (Å²) < 4.78 is 5.75. The smallest absolute Gasteiger partial charge is 0.253 e. The number of anilines is 1. The van der Waals surface area contributed by atoms with E-state index in [2.05, 4.69) is 15.0 Å². The normalized spacial score (nSPS) is 11.0. The molecule has 4 aromatic rings. The Labute approximate surface area is 136 Å². The van der Waals surface area contributed by atoms with Gasteiger partial charge in [-0.2, -0.15) is 4.98 Å². The molecule has 0 aliphatic rings. The molecule has 0 aliphatic heterocycles. The SMILES string of the molecule is Nc1nc(-c2ccccc2)nc2oc(-c3ccc(Cl)cc3)nc12. The highest BCUT2D eigenvalue weighted by Gasteiger charge is 2.15. The molecule has 0 radical (unpaired) electrons. The average molecular weight is 323 g/mol. The third-order valence-electron chi connectivity index (χ3n) is 3.41. The van der Waals surface area contributed by atoms with Crippen molar-refractivity contribution in [2.45, 2.75) is 0 Å². The molecule has 2 heterocycles. The molecule has 0 saturated heterocycles. The molecule has 0 amide bonds. The van der Waals surface area contributed by atoms with E-state index in [-0.39, 0.29) is 5.82 Å². The van der Waals surface area contributed by atoms with Gasteiger partial charge in [0.1, 0.15) is 0 Å². The second-order valence-electron chi connectivity index (χ2n) is 4.98. The lowest BCUT2D eigenvalue weighted by Gasteiger charge is -2.00. The maximum Gasteiger partial charge on any atom is 0.253 e. The van der Waals surface area contributed by atoms with E-state index in [1.165, 1.54) is 0 Å². The lowest BCUT2D eigenvalue weighted by molar-refractivity contribution is 0.608. The summed E-state index contributed by atoms with van der Waals surface area (Å²) in [6.07, 6.45) is 0. The average Bonchev–Trinajstić information content (AvgIpc) is 3.01. The first-order chi connectivity index (χ1) is 11.2. The van der Waals surface area contributed by atoms with Gasteiger partial charge in [0, 0.05) is 16.1 Å². The summed E-state index contributed by atoms with van der Waals surface area (Å²) in [7, 11) is 0. The van der Waals surface area contributed by atoms with Crippen LogP contribution in [0.4, 0.5) is 5.82 Å². The third kappa shape index (κ3) is 2.51. The molecule has 4 rings (SSSR count). The largest absolute Gasteiger partial charge is 0.417 e. The fourth-order valence-corrected chi connectivity index (χ4v) is 2.40. The zero-order chi connectivity index (χ0) is 15.8. The van der Waals surface area contributed by atoms with Crippen LogP contribution in [-0.4, -0.2) is 15.0 Å². The van der Waals surface area contributed by atoms with Gasteiger partial charge in [0.15, 0.2) is 17.2 Å². The van der Waals surface area contributed by atoms with Crippen LogP contribution in [0.25, 0.3) is 34.1 Å². The van der Waals surface area contributed by atoms with Crippen molar-refractivity contribution in [1.82, 2.24) is 15.0 Å². The number of aromatic nitrogens is 3. The Bertz CT molecular complexity index is 981. The van der Waals surface area contributed by atoms with Gasteiger partial charge >= 0.3 is 0 Å². The number of nitrogens with zero attached hydrogens (tertiary/aromatic N) is 3. The Morgan fingerprint density at radius 2 is 1.57 bits per heavy atom. The van der Waals surface area contributed by atoms with Crippen LogP contribution in [0.2, 0.25) is 5.02 Å². The molecular weight excluding hydrogens is 312 g/mol. The monoisotopic (exact) mass is 322 g/mol. The van der Waals surface area contributed by atoms with Gasteiger partial charge in [-0.15, -0.1) is 0 Å². The van der Waals surface area contributed by atoms with Crippen molar-refractivity contribution in [1.29, 1.82) is 0 Å². The number of hydrogen-bond acceptors (Lipinski definition) is 5. The fraction of sp³-hybridized carbons (Fsp3) is 0. The van der Waals surface area contributed by atoms with E-state index < -0.39 is 0 Å². The molecular formula is C17H11ClN4O. The Kier molecular flexibility index (Phi) is 3.20. The lowest BCUT2D eigenvalue weighted by atomic mass is 10.2. The van der Waals surface area contributed by atoms with Gasteiger partial charge in [-0.1, -0.05) is 41.9 Å². The van der Waals surface area contributed by atoms with E-state index in [0.717, 1.165) is 11.1 Å². The van der Waals surface area contributed by atoms with E-state index in [1.807, 2.05) is 42.5 Å². The summed E-state index contributed by atoms with van der Waals surface area (Å²) in [6.45, 7) is 0. The van der Waals surface area contributed by atoms with Crippen molar-refractivity contribution in [2.75, 3.05) is 5.73 Å². The van der Waals surface area contributed by atoms with Crippen molar-refractivity contribution in [3.8, 4) is 22.8 Å². The molecule has 0 bridgehead atoms. The standard InChI is InChI=1S/C17H11ClN4O/c18-12-8-6-11(7-9-12)16-20-13-14(19)21-15(22-17(13)23-16)10-4-2-1-3-5-10/h1-9H,(H2,19,21,22). The number of nitrogen functional groups attached to an aromatic ring is 1. The van der Waals surface area contributed by atoms with Crippen molar-refractivity contribution >= 4 is 28.6 Å². The highest BCUT2D eigenvalue weighted by Crippen LogP contribution is 2.28. The van der Waals surface area contributed by atoms with Crippen molar-refractivity contribution < 1.29 is 4.42 Å². The molecule has 0 spiro atoms. The summed E-state index contributed by atoms with van der Waals surface area (Å²) in [5.41, 5.74) is 8.50. The van der Waals surface area contributed by atoms with Crippen molar-refractivity contribution in [2.24, 2.45) is 0 Å². The zero-order valence-electron chi connectivity index (χ0n) is 11.9. The maximum absolute atomic E-state index is 6.02. The summed E-state index contributed by atoms with van der Waals surface area (Å²) in [5, 5.41) is 0.649. The first-order valence-electron chi connectivity index (χ1n) is 6.96. The summed E-state index contributed by atoms with van der Waals surface area (Å²) in [4.78, 5) is 13.1. The molecule has 112 valence electrons. The van der Waals surface area contributed by atoms with Gasteiger partial charge in [-0.3, -0.25) is 0 Å². The number of nitrogens with two attached hydrogens (primary N) is 1. The molecule has 2 aromatic heterocycles. The van der Waals surface area contributed by atoms with Gasteiger partial charge in [0.05, 0.1) is 0 Å². The zero-order valence-corrected chi connectivity index (χ0v) is 12.7. The minimum Gasteiger partial charge on any atom is -0.417 e. The van der Waals surface area contributed by atoms with Crippen LogP contribution in [-0.2, 0) is 0 Å². The summed E-state index contributed by atoms with van der Waals surface area (Å²) >= 11 is 5.90. The first kappa shape index (κ1) is 13.7. The van der Waals surface area contributed by atoms with Gasteiger partial charge in [0.25, 0.3) is 5.71 Å². The maximum atomic E-state index is 6.02. The Morgan fingerprint density at radius 1 is 0.826 bits per heavy atom. The predicted molar refractivity (Wildman–Crippen MR) is 89.9 cm³/mol. The predicted octanol–water partition coefficient (Wildman–Crippen LogP) is 4.19. The highest BCUT2D eigenvalue weighted by molar-refractivity contribution is 6.30. The van der Waals surface area contributed by atoms with Crippen molar-refractivity contribution in [3.63, 3.8) is 0 Å². The van der Waals surface area contributed by atoms with E-state index in [1.54, 1.807) is 12.1 Å². The van der Waals surface area contributed by atoms with Crippen molar-refractivity contribution in [3.05, 3.63) is 59.6 Å². The third-order valence-corrected chi connectivity index (χ3v) is 3.66. The van der Waals surface area contributed by atoms with E-state index >= 15 is 0 Å². The number of halogens is 1. The quantitative estimate of drug-likeness (QED) is 0.598. The van der Waals surface area contributed by atoms with Gasteiger partial charge < -0.3 is 10.2 Å². The van der Waals surface area contributed by atoms with Crippen LogP contribution in [0.3, 0.4) is 0 Å². The van der Waals surface area contributed by atoms with E-state index in [4.69, 9.17) is 21.8 Å². The molecule has 2 aromatic carbocycles. The Hall–Kier alpha value is -2.92. The fourth-order valence-electron chi connectivity index (χ4n) is 2.28. The van der Waals surface area contributed by atoms with Gasteiger partial charge in [-0.25, -0.2) is 9.97 Å². The van der Waals surface area contributed by atoms with Gasteiger partial charge in [0.2, 0.25) is 5.89 Å². The minimum absolute atomic E-state index is 0.290. The molecule has 2 N–H and O–H groups in total. The second kappa shape index (κ2) is 5.37. The minimum atomic E-state index is 0.290. The number of hydrogen-bond donors (Lipinski definition) is 1. The highest BCUT2D eigenvalue weighted by atomic mass is 35.5. The van der Waals surface area contributed by atoms with Crippen LogP contribution in [0, 0.1) is 0 Å². The van der Waals surface area contributed by atoms with E-state index in [9.17, 15) is 0 Å². The Morgan fingerprint density at radius 3 is 2.30 bits per heavy atom. The number of benzene rings is 2. The summed E-state index contributed by atoms with van der Waals surface area (Å²) in [6, 6.07) is 16.8. The number of oxazole rings is 1. The number of rotatable bonds is 2. The molecule has 0 fully saturated rings. The van der Waals surface area contributed by atoms with Crippen LogP contribution in [0.1, 0.15) is 0 Å². The second-order valence-corrected chi connectivity index (χ2v) is 5.41. The molecule has 0 atom stereocenters.